The molecule has 16 nitrogen and oxygen atoms in total. The molecule has 0 aromatic rings. The molecule has 18 heteroatoms. The van der Waals surface area contributed by atoms with Crippen molar-refractivity contribution in [3.05, 3.63) is 48.6 Å². The largest absolute Gasteiger partial charge is 0.472 e. The highest BCUT2D eigenvalue weighted by molar-refractivity contribution is 7.47. The first kappa shape index (κ1) is 90.5. The minimum atomic E-state index is -4.92. The maximum Gasteiger partial charge on any atom is 0.472 e. The number of esters is 3. The van der Waals surface area contributed by atoms with Gasteiger partial charge in [-0.05, 0) is 64.2 Å². The molecule has 0 bridgehead atoms. The zero-order chi connectivity index (χ0) is 68.1. The van der Waals surface area contributed by atoms with Crippen LogP contribution in [0, 0.1) is 0 Å². The van der Waals surface area contributed by atoms with Gasteiger partial charge >= 0.3 is 33.6 Å². The van der Waals surface area contributed by atoms with Crippen LogP contribution < -0.4 is 0 Å². The third-order valence-electron chi connectivity index (χ3n) is 16.6. The number of phosphoric ester groups is 2. The lowest BCUT2D eigenvalue weighted by Gasteiger charge is -2.21. The molecule has 0 aromatic carbocycles. The van der Waals surface area contributed by atoms with E-state index in [1.54, 1.807) is 0 Å². The second-order valence-electron chi connectivity index (χ2n) is 25.8. The summed E-state index contributed by atoms with van der Waals surface area (Å²) in [6.07, 6.45) is 71.6. The average Bonchev–Trinajstić information content (AvgIpc) is 3.71. The first-order chi connectivity index (χ1) is 45.2. The van der Waals surface area contributed by atoms with E-state index in [9.17, 15) is 43.5 Å². The topological polar surface area (TPSA) is 231 Å². The highest BCUT2D eigenvalue weighted by atomic mass is 31.2. The fourth-order valence-electron chi connectivity index (χ4n) is 10.7. The van der Waals surface area contributed by atoms with Crippen molar-refractivity contribution >= 4 is 33.6 Å². The van der Waals surface area contributed by atoms with Gasteiger partial charge in [-0.1, -0.05) is 320 Å². The Morgan fingerprint density at radius 1 is 0.301 bits per heavy atom. The zero-order valence-corrected chi connectivity index (χ0v) is 61.2. The van der Waals surface area contributed by atoms with Crippen LogP contribution in [0.15, 0.2) is 48.6 Å². The van der Waals surface area contributed by atoms with Crippen molar-refractivity contribution in [1.29, 1.82) is 0 Å². The van der Waals surface area contributed by atoms with Crippen molar-refractivity contribution in [2.24, 2.45) is 0 Å². The van der Waals surface area contributed by atoms with E-state index in [1.165, 1.54) is 212 Å². The fourth-order valence-corrected chi connectivity index (χ4v) is 12.3. The number of aliphatic hydroxyl groups excluding tert-OH is 2. The fraction of sp³-hybridized carbons (Fsp3) is 0.853. The number of aliphatic hydroxyl groups is 2. The van der Waals surface area contributed by atoms with Crippen molar-refractivity contribution in [3.8, 4) is 0 Å². The second kappa shape index (κ2) is 69.4. The summed E-state index contributed by atoms with van der Waals surface area (Å²) >= 11 is 0. The Morgan fingerprint density at radius 2 is 0.538 bits per heavy atom. The van der Waals surface area contributed by atoms with Gasteiger partial charge in [-0.3, -0.25) is 32.5 Å². The second-order valence-corrected chi connectivity index (χ2v) is 28.7. The van der Waals surface area contributed by atoms with Crippen LogP contribution in [-0.4, -0.2) is 95.9 Å². The van der Waals surface area contributed by atoms with Crippen molar-refractivity contribution < 1.29 is 75.8 Å². The van der Waals surface area contributed by atoms with Crippen LogP contribution in [0.3, 0.4) is 0 Å². The third-order valence-corrected chi connectivity index (χ3v) is 18.5. The predicted molar refractivity (Wildman–Crippen MR) is 381 cm³/mol. The van der Waals surface area contributed by atoms with Gasteiger partial charge in [-0.25, -0.2) is 9.13 Å². The molecule has 5 unspecified atom stereocenters. The number of hydrogen-bond acceptors (Lipinski definition) is 14. The van der Waals surface area contributed by atoms with E-state index in [0.29, 0.717) is 19.3 Å². The molecule has 0 amide bonds. The SMILES string of the molecule is CCCCC/C=C\C/C=C\C/C=C\C/C=C\CCCCCCCCCCCCCC(=O)OCC(O)COP(=O)(O)OCC(O)COP(=O)(O)OCC(COC(=O)CCCCCCCCCCCCCCCCC)OC(=O)CCCCCCCCCCCCCCCCC. The molecule has 0 aliphatic heterocycles. The van der Waals surface area contributed by atoms with E-state index in [1.807, 2.05) is 0 Å². The normalized spacial score (nSPS) is 14.4. The van der Waals surface area contributed by atoms with E-state index >= 15 is 0 Å². The Morgan fingerprint density at radius 3 is 0.871 bits per heavy atom. The van der Waals surface area contributed by atoms with Gasteiger partial charge in [0.2, 0.25) is 0 Å². The molecule has 4 N–H and O–H groups in total. The Hall–Kier alpha value is -2.49. The summed E-state index contributed by atoms with van der Waals surface area (Å²) in [4.78, 5) is 58.5. The number of rotatable bonds is 73. The van der Waals surface area contributed by atoms with Crippen LogP contribution in [0.5, 0.6) is 0 Å². The summed E-state index contributed by atoms with van der Waals surface area (Å²) in [7, 11) is -9.76. The standard InChI is InChI=1S/C75H140O16P2/c1-4-7-10-13-16-19-22-25-28-29-30-31-32-33-34-35-36-37-38-39-42-44-46-49-52-55-58-61-73(78)85-64-70(76)65-87-92(81,82)88-66-71(77)67-89-93(83,84)90-69-72(91-75(80)63-60-57-54-51-48-45-41-27-24-21-18-15-12-9-6-3)68-86-74(79)62-59-56-53-50-47-43-40-26-23-20-17-14-11-8-5-2/h16,19,25,28,30-31,33-34,70-72,76-77H,4-15,17-18,20-24,26-27,29,32,35-69H2,1-3H3,(H,81,82)(H,83,84)/b19-16-,28-25-,31-30-,34-33-. The van der Waals surface area contributed by atoms with E-state index in [2.05, 4.69) is 69.4 Å². The van der Waals surface area contributed by atoms with Gasteiger partial charge < -0.3 is 34.2 Å². The maximum absolute atomic E-state index is 12.9. The lowest BCUT2D eigenvalue weighted by Crippen LogP contribution is -2.30. The number of carbonyl (C=O) groups excluding carboxylic acids is 3. The lowest BCUT2D eigenvalue weighted by molar-refractivity contribution is -0.161. The Bertz CT molecular complexity index is 1890. The quantitative estimate of drug-likeness (QED) is 0.0146. The predicted octanol–water partition coefficient (Wildman–Crippen LogP) is 21.5. The zero-order valence-electron chi connectivity index (χ0n) is 59.4. The molecule has 5 atom stereocenters. The molecule has 0 heterocycles. The van der Waals surface area contributed by atoms with Gasteiger partial charge in [0.1, 0.15) is 25.4 Å². The van der Waals surface area contributed by atoms with Crippen molar-refractivity contribution in [2.45, 2.75) is 373 Å². The van der Waals surface area contributed by atoms with E-state index < -0.39 is 91.5 Å². The Labute approximate surface area is 568 Å². The summed E-state index contributed by atoms with van der Waals surface area (Å²) in [5.74, 6) is -1.55. The molecule has 0 radical (unpaired) electrons. The van der Waals surface area contributed by atoms with Gasteiger partial charge in [-0.15, -0.1) is 0 Å². The number of carbonyl (C=O) groups is 3. The molecular weight excluding hydrogens is 1220 g/mol. The molecular formula is C75H140O16P2. The van der Waals surface area contributed by atoms with Gasteiger partial charge in [0, 0.05) is 19.3 Å². The Balaban J connectivity index is 4.47. The molecule has 93 heavy (non-hydrogen) atoms. The number of hydrogen-bond donors (Lipinski definition) is 4. The van der Waals surface area contributed by atoms with Crippen molar-refractivity contribution in [3.63, 3.8) is 0 Å². The molecule has 0 saturated heterocycles. The summed E-state index contributed by atoms with van der Waals surface area (Å²) < 4.78 is 61.1. The lowest BCUT2D eigenvalue weighted by atomic mass is 10.0. The molecule has 546 valence electrons. The molecule has 0 rings (SSSR count). The van der Waals surface area contributed by atoms with Crippen LogP contribution in [0.25, 0.3) is 0 Å². The average molecular weight is 1360 g/mol. The van der Waals surface area contributed by atoms with Crippen molar-refractivity contribution in [2.75, 3.05) is 39.6 Å². The van der Waals surface area contributed by atoms with E-state index in [4.69, 9.17) is 32.3 Å². The van der Waals surface area contributed by atoms with Crippen molar-refractivity contribution in [1.82, 2.24) is 0 Å². The number of unbranched alkanes of at least 4 members (excludes halogenated alkanes) is 42. The molecule has 0 saturated carbocycles. The molecule has 0 aliphatic rings. The van der Waals surface area contributed by atoms with E-state index in [-0.39, 0.29) is 19.3 Å². The number of ether oxygens (including phenoxy) is 3. The summed E-state index contributed by atoms with van der Waals surface area (Å²) in [5.41, 5.74) is 0. The van der Waals surface area contributed by atoms with Gasteiger partial charge in [-0.2, -0.15) is 0 Å². The van der Waals surface area contributed by atoms with E-state index in [0.717, 1.165) is 83.5 Å². The first-order valence-electron chi connectivity index (χ1n) is 37.9. The third kappa shape index (κ3) is 70.6. The summed E-state index contributed by atoms with van der Waals surface area (Å²) in [6, 6.07) is 0. The molecule has 0 aromatic heterocycles. The highest BCUT2D eigenvalue weighted by Gasteiger charge is 2.29. The smallest absolute Gasteiger partial charge is 0.463 e. The maximum atomic E-state index is 12.9. The molecule has 0 aliphatic carbocycles. The van der Waals surface area contributed by atoms with Crippen LogP contribution in [0.2, 0.25) is 0 Å². The van der Waals surface area contributed by atoms with Gasteiger partial charge in [0.05, 0.1) is 26.4 Å². The van der Waals surface area contributed by atoms with Gasteiger partial charge in [0.15, 0.2) is 6.10 Å². The monoisotopic (exact) mass is 1360 g/mol. The molecule has 0 fully saturated rings. The van der Waals surface area contributed by atoms with Crippen LogP contribution >= 0.6 is 15.6 Å². The van der Waals surface area contributed by atoms with Crippen LogP contribution in [-0.2, 0) is 55.8 Å². The highest BCUT2D eigenvalue weighted by Crippen LogP contribution is 2.45. The van der Waals surface area contributed by atoms with Gasteiger partial charge in [0.25, 0.3) is 0 Å². The summed E-state index contributed by atoms with van der Waals surface area (Å²) in [6.45, 7) is 2.72. The summed E-state index contributed by atoms with van der Waals surface area (Å²) in [5, 5.41) is 20.6. The number of allylic oxidation sites excluding steroid dienone is 8. The first-order valence-corrected chi connectivity index (χ1v) is 40.9. The Kier molecular flexibility index (Phi) is 67.6. The number of phosphoric acid groups is 2. The molecule has 0 spiro atoms. The minimum absolute atomic E-state index is 0.114. The van der Waals surface area contributed by atoms with Crippen LogP contribution in [0.4, 0.5) is 0 Å². The minimum Gasteiger partial charge on any atom is -0.463 e. The van der Waals surface area contributed by atoms with Crippen LogP contribution in [0.1, 0.15) is 355 Å².